The lowest BCUT2D eigenvalue weighted by molar-refractivity contribution is 1.12. The van der Waals surface area contributed by atoms with Crippen LogP contribution in [0.1, 0.15) is 0 Å². The van der Waals surface area contributed by atoms with Crippen molar-refractivity contribution >= 4 is 16.1 Å². The molecule has 0 aromatic carbocycles. The zero-order chi connectivity index (χ0) is 9.99. The Kier molecular flexibility index (Phi) is 3.76. The topological polar surface area (TPSA) is 26.0 Å². The highest BCUT2D eigenvalue weighted by Gasteiger charge is 2.21. The van der Waals surface area contributed by atoms with Crippen molar-refractivity contribution in [1.82, 2.24) is 0 Å². The van der Waals surface area contributed by atoms with Gasteiger partial charge in [0.25, 0.3) is 0 Å². The molecule has 0 spiro atoms. The molecular formula is C9H21NSi2. The molecule has 1 nitrogen and oxygen atoms in total. The molecule has 0 saturated heterocycles. The predicted octanol–water partition coefficient (Wildman–Crippen LogP) is 2.07. The molecule has 0 amide bonds. The van der Waals surface area contributed by atoms with Crippen molar-refractivity contribution in [3.05, 3.63) is 0 Å². The van der Waals surface area contributed by atoms with Crippen LogP contribution in [0, 0.1) is 11.5 Å². The number of hydrogen-bond donors (Lipinski definition) is 1. The third-order valence-corrected chi connectivity index (χ3v) is 4.44. The molecule has 0 aliphatic heterocycles. The molecule has 0 bridgehead atoms. The number of hydrogen-bond acceptors (Lipinski definition) is 1. The molecule has 0 aliphatic rings. The summed E-state index contributed by atoms with van der Waals surface area (Å²) in [5.41, 5.74) is 9.44. The first-order chi connectivity index (χ1) is 5.13. The summed E-state index contributed by atoms with van der Waals surface area (Å²) in [5.74, 6) is 3.21. The van der Waals surface area contributed by atoms with Crippen LogP contribution in [0.3, 0.4) is 0 Å². The van der Waals surface area contributed by atoms with Gasteiger partial charge in [0.15, 0.2) is 0 Å². The van der Waals surface area contributed by atoms with Gasteiger partial charge in [-0.3, -0.25) is 0 Å². The molecule has 70 valence electrons. The van der Waals surface area contributed by atoms with Gasteiger partial charge in [-0.05, 0) is 0 Å². The lowest BCUT2D eigenvalue weighted by Gasteiger charge is -2.20. The van der Waals surface area contributed by atoms with E-state index in [-0.39, 0.29) is 5.67 Å². The number of rotatable bonds is 1. The summed E-state index contributed by atoms with van der Waals surface area (Å²) < 4.78 is 0. The van der Waals surface area contributed by atoms with E-state index in [9.17, 15) is 0 Å². The average Bonchev–Trinajstić information content (AvgIpc) is 1.78. The van der Waals surface area contributed by atoms with E-state index in [1.54, 1.807) is 0 Å². The van der Waals surface area contributed by atoms with Gasteiger partial charge in [0.05, 0.1) is 13.7 Å². The molecule has 0 aliphatic carbocycles. The molecule has 2 N–H and O–H groups in total. The summed E-state index contributed by atoms with van der Waals surface area (Å²) in [4.78, 5) is 0. The smallest absolute Gasteiger partial charge is 0.129 e. The van der Waals surface area contributed by atoms with Gasteiger partial charge >= 0.3 is 0 Å². The highest BCUT2D eigenvalue weighted by atomic mass is 28.3. The molecule has 0 rings (SSSR count). The molecule has 12 heavy (non-hydrogen) atoms. The van der Waals surface area contributed by atoms with E-state index in [0.29, 0.717) is 0 Å². The zero-order valence-corrected chi connectivity index (χ0v) is 11.2. The summed E-state index contributed by atoms with van der Waals surface area (Å²) in [6.07, 6.45) is 0. The summed E-state index contributed by atoms with van der Waals surface area (Å²) in [5, 5.41) is 0. The largest absolute Gasteiger partial charge is 0.320 e. The van der Waals surface area contributed by atoms with Gasteiger partial charge in [0.2, 0.25) is 0 Å². The highest BCUT2D eigenvalue weighted by molar-refractivity contribution is 6.84. The Morgan fingerprint density at radius 2 is 1.42 bits per heavy atom. The fraction of sp³-hybridized carbons (Fsp3) is 0.778. The van der Waals surface area contributed by atoms with Crippen molar-refractivity contribution in [2.45, 2.75) is 44.9 Å². The molecule has 1 unspecified atom stereocenters. The Bertz CT molecular complexity index is 199. The van der Waals surface area contributed by atoms with Crippen LogP contribution in [-0.2, 0) is 0 Å². The van der Waals surface area contributed by atoms with Crippen molar-refractivity contribution in [2.75, 3.05) is 0 Å². The third kappa shape index (κ3) is 5.58. The minimum absolute atomic E-state index is 0.143. The van der Waals surface area contributed by atoms with E-state index < -0.39 is 16.1 Å². The monoisotopic (exact) mass is 199 g/mol. The Hall–Kier alpha value is -0.0462. The van der Waals surface area contributed by atoms with Crippen molar-refractivity contribution in [2.24, 2.45) is 5.73 Å². The van der Waals surface area contributed by atoms with E-state index >= 15 is 0 Å². The van der Waals surface area contributed by atoms with Crippen LogP contribution in [0.5, 0.6) is 0 Å². The molecule has 0 heterocycles. The molecule has 3 heteroatoms. The fourth-order valence-electron chi connectivity index (χ4n) is 0.511. The van der Waals surface area contributed by atoms with Crippen LogP contribution < -0.4 is 5.73 Å². The first kappa shape index (κ1) is 12.0. The zero-order valence-electron chi connectivity index (χ0n) is 9.15. The fourth-order valence-corrected chi connectivity index (χ4v) is 1.75. The maximum absolute atomic E-state index is 5.97. The van der Waals surface area contributed by atoms with Crippen molar-refractivity contribution in [3.8, 4) is 11.5 Å². The summed E-state index contributed by atoms with van der Waals surface area (Å²) in [6.45, 7) is 13.5. The van der Waals surface area contributed by atoms with Crippen LogP contribution in [0.25, 0.3) is 0 Å². The van der Waals surface area contributed by atoms with Gasteiger partial charge in [0, 0.05) is 0 Å². The lowest BCUT2D eigenvalue weighted by Crippen LogP contribution is -2.44. The van der Waals surface area contributed by atoms with Crippen LogP contribution in [-0.4, -0.2) is 21.8 Å². The Morgan fingerprint density at radius 3 is 1.67 bits per heavy atom. The second-order valence-electron chi connectivity index (χ2n) is 5.36. The second-order valence-corrected chi connectivity index (χ2v) is 15.5. The maximum Gasteiger partial charge on any atom is 0.129 e. The van der Waals surface area contributed by atoms with Crippen molar-refractivity contribution < 1.29 is 0 Å². The molecular weight excluding hydrogens is 178 g/mol. The van der Waals surface area contributed by atoms with Gasteiger partial charge in [-0.2, -0.15) is 0 Å². The van der Waals surface area contributed by atoms with Gasteiger partial charge in [-0.1, -0.05) is 45.2 Å². The molecule has 0 aromatic heterocycles. The minimum Gasteiger partial charge on any atom is -0.320 e. The molecule has 0 aromatic rings. The first-order valence-electron chi connectivity index (χ1n) is 4.41. The second kappa shape index (κ2) is 3.78. The van der Waals surface area contributed by atoms with E-state index in [0.717, 1.165) is 0 Å². The van der Waals surface area contributed by atoms with Crippen molar-refractivity contribution in [1.29, 1.82) is 0 Å². The Labute approximate surface area is 78.8 Å². The van der Waals surface area contributed by atoms with Gasteiger partial charge in [0.1, 0.15) is 8.07 Å². The first-order valence-corrected chi connectivity index (χ1v) is 11.5. The lowest BCUT2D eigenvalue weighted by atomic mass is 10.7. The normalized spacial score (nSPS) is 14.9. The van der Waals surface area contributed by atoms with E-state index in [4.69, 9.17) is 5.73 Å². The molecule has 0 radical (unpaired) electrons. The Morgan fingerprint density at radius 1 is 1.00 bits per heavy atom. The van der Waals surface area contributed by atoms with E-state index in [2.05, 4.69) is 50.7 Å². The Balaban J connectivity index is 4.34. The van der Waals surface area contributed by atoms with Gasteiger partial charge in [-0.15, -0.1) is 5.54 Å². The van der Waals surface area contributed by atoms with Crippen LogP contribution in [0.15, 0.2) is 0 Å². The standard InChI is InChI=1S/C9H21NSi2/c1-11(2,3)8-7-9(10)12(4,5)6/h9H,10H2,1-6H3. The van der Waals surface area contributed by atoms with E-state index in [1.807, 2.05) is 0 Å². The summed E-state index contributed by atoms with van der Waals surface area (Å²) in [6, 6.07) is 0. The third-order valence-electron chi connectivity index (χ3n) is 1.54. The maximum atomic E-state index is 5.97. The van der Waals surface area contributed by atoms with Crippen LogP contribution in [0.4, 0.5) is 0 Å². The predicted molar refractivity (Wildman–Crippen MR) is 62.4 cm³/mol. The average molecular weight is 199 g/mol. The van der Waals surface area contributed by atoms with Gasteiger partial charge < -0.3 is 5.73 Å². The highest BCUT2D eigenvalue weighted by Crippen LogP contribution is 2.05. The van der Waals surface area contributed by atoms with Crippen molar-refractivity contribution in [3.63, 3.8) is 0 Å². The quantitative estimate of drug-likeness (QED) is 0.508. The molecule has 0 fully saturated rings. The van der Waals surface area contributed by atoms with Crippen LogP contribution in [0.2, 0.25) is 39.3 Å². The van der Waals surface area contributed by atoms with Gasteiger partial charge in [-0.25, -0.2) is 0 Å². The van der Waals surface area contributed by atoms with Crippen LogP contribution >= 0.6 is 0 Å². The molecule has 1 atom stereocenters. The minimum atomic E-state index is -1.23. The van der Waals surface area contributed by atoms with E-state index in [1.165, 1.54) is 0 Å². The molecule has 0 saturated carbocycles. The summed E-state index contributed by atoms with van der Waals surface area (Å²) >= 11 is 0. The SMILES string of the molecule is C[Si](C)(C)C#CC(N)[Si](C)(C)C. The number of nitrogens with two attached hydrogens (primary N) is 1. The summed E-state index contributed by atoms with van der Waals surface area (Å²) in [7, 11) is -2.45.